The fourth-order valence-corrected chi connectivity index (χ4v) is 5.58. The Morgan fingerprint density at radius 1 is 0.886 bits per heavy atom. The molecular formula is C32H28N3+. The summed E-state index contributed by atoms with van der Waals surface area (Å²) in [6.07, 6.45) is 8.73. The molecular weight excluding hydrogens is 426 g/mol. The van der Waals surface area contributed by atoms with E-state index in [4.69, 9.17) is 9.98 Å². The van der Waals surface area contributed by atoms with E-state index in [9.17, 15) is 0 Å². The fraction of sp³-hybridized carbons (Fsp3) is 0.156. The van der Waals surface area contributed by atoms with Crippen molar-refractivity contribution >= 4 is 11.4 Å². The van der Waals surface area contributed by atoms with Gasteiger partial charge in [-0.15, -0.1) is 0 Å². The number of hydrogen-bond acceptors (Lipinski definition) is 2. The lowest BCUT2D eigenvalue weighted by atomic mass is 9.78. The van der Waals surface area contributed by atoms with Crippen molar-refractivity contribution in [2.24, 2.45) is 4.99 Å². The summed E-state index contributed by atoms with van der Waals surface area (Å²) in [6, 6.07) is 27.9. The molecule has 2 atom stereocenters. The maximum Gasteiger partial charge on any atom is 0.236 e. The summed E-state index contributed by atoms with van der Waals surface area (Å²) in [6.45, 7) is 8.63. The first-order valence-electron chi connectivity index (χ1n) is 12.3. The summed E-state index contributed by atoms with van der Waals surface area (Å²) >= 11 is 0. The Labute approximate surface area is 206 Å². The molecule has 0 fully saturated rings. The topological polar surface area (TPSA) is 29.1 Å². The summed E-state index contributed by atoms with van der Waals surface area (Å²) in [5.41, 5.74) is 10.3. The van der Waals surface area contributed by atoms with Crippen molar-refractivity contribution in [3.05, 3.63) is 127 Å². The molecule has 0 amide bonds. The highest BCUT2D eigenvalue weighted by Gasteiger charge is 2.34. The van der Waals surface area contributed by atoms with Gasteiger partial charge in [-0.1, -0.05) is 67.2 Å². The number of allylic oxidation sites excluding steroid dienone is 1. The van der Waals surface area contributed by atoms with Crippen molar-refractivity contribution in [1.82, 2.24) is 4.98 Å². The van der Waals surface area contributed by atoms with Crippen molar-refractivity contribution in [1.29, 1.82) is 0 Å². The van der Waals surface area contributed by atoms with E-state index < -0.39 is 0 Å². The van der Waals surface area contributed by atoms with Crippen LogP contribution in [-0.4, -0.2) is 16.7 Å². The molecule has 0 bridgehead atoms. The predicted molar refractivity (Wildman–Crippen MR) is 143 cm³/mol. The van der Waals surface area contributed by atoms with Crippen molar-refractivity contribution in [3.8, 4) is 22.5 Å². The minimum atomic E-state index is 0.115. The van der Waals surface area contributed by atoms with Gasteiger partial charge in [-0.3, -0.25) is 4.99 Å². The first kappa shape index (κ1) is 21.4. The van der Waals surface area contributed by atoms with Gasteiger partial charge >= 0.3 is 0 Å². The van der Waals surface area contributed by atoms with Gasteiger partial charge in [0.05, 0.1) is 18.2 Å². The first-order valence-corrected chi connectivity index (χ1v) is 12.3. The van der Waals surface area contributed by atoms with Crippen LogP contribution in [-0.2, 0) is 6.42 Å². The van der Waals surface area contributed by atoms with Crippen LogP contribution >= 0.6 is 0 Å². The Kier molecular flexibility index (Phi) is 5.46. The van der Waals surface area contributed by atoms with Crippen LogP contribution in [0, 0.1) is 0 Å². The summed E-state index contributed by atoms with van der Waals surface area (Å²) in [5, 5.41) is 0. The lowest BCUT2D eigenvalue weighted by Crippen LogP contribution is -2.38. The lowest BCUT2D eigenvalue weighted by molar-refractivity contribution is -0.571. The maximum absolute atomic E-state index is 5.21. The quantitative estimate of drug-likeness (QED) is 0.312. The smallest absolute Gasteiger partial charge is 0.236 e. The van der Waals surface area contributed by atoms with Gasteiger partial charge in [0.2, 0.25) is 5.69 Å². The van der Waals surface area contributed by atoms with Gasteiger partial charge in [-0.25, -0.2) is 4.98 Å². The molecule has 170 valence electrons. The number of rotatable bonds is 2. The standard InChI is InChI=1S/C32H28N3/c1-3-29-27-14-8-7-13-26(27)28-17-15-24-12-9-19-33-32(24)31-18-16-25(23-10-5-4-6-11-23)21-35(31)22(2)20-30(28)34-29/h3-14,16,18-19,21,28,30H,1-2,15,17,20H2/q+1. The van der Waals surface area contributed by atoms with E-state index in [0.29, 0.717) is 5.92 Å². The predicted octanol–water partition coefficient (Wildman–Crippen LogP) is 6.65. The first-order chi connectivity index (χ1) is 17.2. The summed E-state index contributed by atoms with van der Waals surface area (Å²) < 4.78 is 2.24. The zero-order valence-electron chi connectivity index (χ0n) is 19.8. The zero-order chi connectivity index (χ0) is 23.8. The van der Waals surface area contributed by atoms with E-state index in [2.05, 4.69) is 90.7 Å². The molecule has 4 heterocycles. The van der Waals surface area contributed by atoms with E-state index >= 15 is 0 Å². The molecule has 2 aromatic heterocycles. The number of nitrogens with zero attached hydrogens (tertiary/aromatic N) is 3. The minimum Gasteiger partial charge on any atom is -0.280 e. The molecule has 6 rings (SSSR count). The number of aromatic nitrogens is 2. The van der Waals surface area contributed by atoms with Crippen molar-refractivity contribution in [3.63, 3.8) is 0 Å². The van der Waals surface area contributed by atoms with Crippen LogP contribution in [0.5, 0.6) is 0 Å². The number of fused-ring (bicyclic) bond motifs is 6. The summed E-state index contributed by atoms with van der Waals surface area (Å²) in [4.78, 5) is 10.0. The van der Waals surface area contributed by atoms with Crippen molar-refractivity contribution in [2.75, 3.05) is 0 Å². The van der Waals surface area contributed by atoms with Gasteiger partial charge < -0.3 is 0 Å². The average Bonchev–Trinajstić information content (AvgIpc) is 2.92. The number of benzene rings is 2. The van der Waals surface area contributed by atoms with Crippen LogP contribution in [0.1, 0.15) is 35.4 Å². The van der Waals surface area contributed by atoms with E-state index in [1.807, 2.05) is 24.4 Å². The fourth-order valence-electron chi connectivity index (χ4n) is 5.58. The molecule has 0 saturated heterocycles. The van der Waals surface area contributed by atoms with Gasteiger partial charge in [0.15, 0.2) is 11.9 Å². The molecule has 0 N–H and O–H groups in total. The maximum atomic E-state index is 5.21. The Bertz CT molecular complexity index is 1470. The Morgan fingerprint density at radius 2 is 1.71 bits per heavy atom. The molecule has 2 aliphatic rings. The minimum absolute atomic E-state index is 0.115. The largest absolute Gasteiger partial charge is 0.280 e. The van der Waals surface area contributed by atoms with Crippen molar-refractivity contribution in [2.45, 2.75) is 31.2 Å². The van der Waals surface area contributed by atoms with Crippen LogP contribution in [0.4, 0.5) is 0 Å². The Hall–Kier alpha value is -4.11. The molecule has 2 aliphatic heterocycles. The Balaban J connectivity index is 1.52. The number of hydrogen-bond donors (Lipinski definition) is 0. The molecule has 0 saturated carbocycles. The molecule has 3 nitrogen and oxygen atoms in total. The van der Waals surface area contributed by atoms with Crippen LogP contribution in [0.3, 0.4) is 0 Å². The van der Waals surface area contributed by atoms with Gasteiger partial charge in [0.1, 0.15) is 5.69 Å². The highest BCUT2D eigenvalue weighted by molar-refractivity contribution is 6.10. The molecule has 4 aromatic rings. The lowest BCUT2D eigenvalue weighted by Gasteiger charge is -2.32. The third-order valence-electron chi connectivity index (χ3n) is 7.30. The van der Waals surface area contributed by atoms with E-state index in [-0.39, 0.29) is 6.04 Å². The molecule has 2 unspecified atom stereocenters. The van der Waals surface area contributed by atoms with E-state index in [0.717, 1.165) is 47.6 Å². The second kappa shape index (κ2) is 8.92. The number of pyridine rings is 2. The third kappa shape index (κ3) is 3.83. The van der Waals surface area contributed by atoms with Gasteiger partial charge in [0.25, 0.3) is 0 Å². The second-order valence-electron chi connectivity index (χ2n) is 9.34. The van der Waals surface area contributed by atoms with Crippen LogP contribution in [0.2, 0.25) is 0 Å². The van der Waals surface area contributed by atoms with Gasteiger partial charge in [-0.05, 0) is 54.3 Å². The van der Waals surface area contributed by atoms with Gasteiger partial charge in [-0.2, -0.15) is 4.57 Å². The van der Waals surface area contributed by atoms with Crippen LogP contribution < -0.4 is 4.57 Å². The van der Waals surface area contributed by atoms with E-state index in [1.54, 1.807) is 0 Å². The molecule has 2 aromatic carbocycles. The molecule has 35 heavy (non-hydrogen) atoms. The average molecular weight is 455 g/mol. The SMILES string of the molecule is C=CC1=NC2CC(=C)[n+]3cc(-c4ccccc4)ccc3-c3ncccc3CCC2c2ccccc21. The van der Waals surface area contributed by atoms with E-state index in [1.165, 1.54) is 22.3 Å². The summed E-state index contributed by atoms with van der Waals surface area (Å²) in [5.74, 6) is 0.319. The molecule has 3 heteroatoms. The third-order valence-corrected chi connectivity index (χ3v) is 7.30. The van der Waals surface area contributed by atoms with Crippen LogP contribution in [0.15, 0.2) is 115 Å². The molecule has 0 spiro atoms. The molecule has 0 aliphatic carbocycles. The van der Waals surface area contributed by atoms with Gasteiger partial charge in [0, 0.05) is 29.3 Å². The van der Waals surface area contributed by atoms with Crippen LogP contribution in [0.25, 0.3) is 28.2 Å². The highest BCUT2D eigenvalue weighted by atomic mass is 15.0. The number of aryl methyl sites for hydroxylation is 1. The molecule has 0 radical (unpaired) electrons. The zero-order valence-corrected chi connectivity index (χ0v) is 19.8. The Morgan fingerprint density at radius 3 is 2.57 bits per heavy atom. The normalized spacial score (nSPS) is 18.9. The highest BCUT2D eigenvalue weighted by Crippen LogP contribution is 2.38. The van der Waals surface area contributed by atoms with Crippen molar-refractivity contribution < 1.29 is 4.57 Å². The second-order valence-corrected chi connectivity index (χ2v) is 9.34. The monoisotopic (exact) mass is 454 g/mol. The number of aliphatic imine (C=N–C) groups is 1. The summed E-state index contributed by atoms with van der Waals surface area (Å²) in [7, 11) is 0.